The Hall–Kier alpha value is -1.74. The first-order valence-corrected chi connectivity index (χ1v) is 9.68. The third-order valence-corrected chi connectivity index (χ3v) is 6.10. The monoisotopic (exact) mass is 383 g/mol. The lowest BCUT2D eigenvalue weighted by Gasteiger charge is -2.17. The van der Waals surface area contributed by atoms with Gasteiger partial charge < -0.3 is 0 Å². The second-order valence-electron chi connectivity index (χ2n) is 5.87. The van der Waals surface area contributed by atoms with E-state index in [-0.39, 0.29) is 5.25 Å². The molecule has 1 aliphatic heterocycles. The molecule has 3 aromatic rings. The van der Waals surface area contributed by atoms with E-state index in [4.69, 9.17) is 28.2 Å². The molecule has 1 unspecified atom stereocenters. The molecule has 25 heavy (non-hydrogen) atoms. The Kier molecular flexibility index (Phi) is 4.85. The van der Waals surface area contributed by atoms with Gasteiger partial charge in [0.15, 0.2) is 0 Å². The molecule has 0 radical (unpaired) electrons. The van der Waals surface area contributed by atoms with Gasteiger partial charge >= 0.3 is 0 Å². The average molecular weight is 384 g/mol. The van der Waals surface area contributed by atoms with Gasteiger partial charge in [0.2, 0.25) is 0 Å². The van der Waals surface area contributed by atoms with Crippen molar-refractivity contribution in [1.82, 2.24) is 0 Å². The summed E-state index contributed by atoms with van der Waals surface area (Å²) in [6.07, 6.45) is 0.810. The van der Waals surface area contributed by atoms with Crippen molar-refractivity contribution in [3.05, 3.63) is 94.0 Å². The van der Waals surface area contributed by atoms with E-state index in [0.717, 1.165) is 39.0 Å². The number of benzene rings is 3. The van der Waals surface area contributed by atoms with Crippen LogP contribution in [0.4, 0.5) is 5.69 Å². The van der Waals surface area contributed by atoms with E-state index < -0.39 is 0 Å². The van der Waals surface area contributed by atoms with Gasteiger partial charge in [-0.3, -0.25) is 4.99 Å². The predicted octanol–water partition coefficient (Wildman–Crippen LogP) is 7.35. The van der Waals surface area contributed by atoms with E-state index in [2.05, 4.69) is 24.3 Å². The van der Waals surface area contributed by atoms with Crippen LogP contribution in [0.1, 0.15) is 22.8 Å². The molecule has 0 saturated heterocycles. The molecule has 1 heterocycles. The van der Waals surface area contributed by atoms with Crippen molar-refractivity contribution in [2.45, 2.75) is 16.6 Å². The molecule has 1 aliphatic rings. The molecule has 4 heteroatoms. The van der Waals surface area contributed by atoms with Gasteiger partial charge in [-0.15, -0.1) is 11.8 Å². The fourth-order valence-electron chi connectivity index (χ4n) is 2.95. The zero-order valence-corrected chi connectivity index (χ0v) is 15.7. The maximum absolute atomic E-state index is 6.48. The topological polar surface area (TPSA) is 12.4 Å². The van der Waals surface area contributed by atoms with Gasteiger partial charge in [0.05, 0.1) is 5.69 Å². The lowest BCUT2D eigenvalue weighted by atomic mass is 10.0. The van der Waals surface area contributed by atoms with E-state index in [1.807, 2.05) is 60.3 Å². The normalized spacial score (nSPS) is 16.7. The van der Waals surface area contributed by atoms with E-state index >= 15 is 0 Å². The molecule has 1 nitrogen and oxygen atoms in total. The van der Waals surface area contributed by atoms with Crippen LogP contribution in [0.25, 0.3) is 0 Å². The lowest BCUT2D eigenvalue weighted by Crippen LogP contribution is -2.05. The minimum Gasteiger partial charge on any atom is -0.252 e. The van der Waals surface area contributed by atoms with Crippen LogP contribution < -0.4 is 0 Å². The summed E-state index contributed by atoms with van der Waals surface area (Å²) in [6, 6.07) is 24.2. The van der Waals surface area contributed by atoms with Crippen molar-refractivity contribution < 1.29 is 0 Å². The van der Waals surface area contributed by atoms with Crippen LogP contribution in [0.2, 0.25) is 10.0 Å². The number of fused-ring (bicyclic) bond motifs is 1. The zero-order valence-electron chi connectivity index (χ0n) is 13.3. The predicted molar refractivity (Wildman–Crippen MR) is 109 cm³/mol. The van der Waals surface area contributed by atoms with Gasteiger partial charge in [0.25, 0.3) is 0 Å². The van der Waals surface area contributed by atoms with Gasteiger partial charge in [-0.05, 0) is 41.5 Å². The third-order valence-electron chi connectivity index (χ3n) is 4.20. The summed E-state index contributed by atoms with van der Waals surface area (Å²) in [6.45, 7) is 0. The third kappa shape index (κ3) is 3.62. The van der Waals surface area contributed by atoms with Crippen molar-refractivity contribution in [2.75, 3.05) is 0 Å². The van der Waals surface area contributed by atoms with Crippen LogP contribution >= 0.6 is 35.0 Å². The molecule has 0 saturated carbocycles. The molecule has 0 aromatic heterocycles. The maximum atomic E-state index is 6.48. The first kappa shape index (κ1) is 16.7. The number of halogens is 2. The van der Waals surface area contributed by atoms with Gasteiger partial charge in [-0.25, -0.2) is 0 Å². The smallest absolute Gasteiger partial charge is 0.0769 e. The van der Waals surface area contributed by atoms with Gasteiger partial charge in [0, 0.05) is 32.3 Å². The number of rotatable bonds is 2. The summed E-state index contributed by atoms with van der Waals surface area (Å²) in [5.74, 6) is 0. The zero-order chi connectivity index (χ0) is 17.2. The largest absolute Gasteiger partial charge is 0.252 e. The highest BCUT2D eigenvalue weighted by Gasteiger charge is 2.23. The Balaban J connectivity index is 1.82. The number of nitrogens with zero attached hydrogens (tertiary/aromatic N) is 1. The van der Waals surface area contributed by atoms with Gasteiger partial charge in [-0.1, -0.05) is 65.7 Å². The Morgan fingerprint density at radius 1 is 0.840 bits per heavy atom. The Morgan fingerprint density at radius 2 is 1.56 bits per heavy atom. The maximum Gasteiger partial charge on any atom is 0.0769 e. The van der Waals surface area contributed by atoms with Crippen molar-refractivity contribution in [2.24, 2.45) is 4.99 Å². The van der Waals surface area contributed by atoms with E-state index in [1.54, 1.807) is 0 Å². The van der Waals surface area contributed by atoms with Crippen LogP contribution in [-0.4, -0.2) is 5.71 Å². The summed E-state index contributed by atoms with van der Waals surface area (Å²) >= 11 is 14.4. The van der Waals surface area contributed by atoms with E-state index in [9.17, 15) is 0 Å². The fraction of sp³-hybridized carbons (Fsp3) is 0.0952. The SMILES string of the molecule is Clc1ccc(C2=Nc3ccccc3SC(c3ccccc3Cl)C2)cc1. The van der Waals surface area contributed by atoms with Crippen molar-refractivity contribution in [1.29, 1.82) is 0 Å². The van der Waals surface area contributed by atoms with E-state index in [0.29, 0.717) is 0 Å². The van der Waals surface area contributed by atoms with Gasteiger partial charge in [0.1, 0.15) is 0 Å². The second-order valence-corrected chi connectivity index (χ2v) is 7.95. The molecule has 0 spiro atoms. The van der Waals surface area contributed by atoms with Crippen molar-refractivity contribution in [3.63, 3.8) is 0 Å². The Bertz CT molecular complexity index is 935. The molecule has 1 atom stereocenters. The first-order valence-electron chi connectivity index (χ1n) is 8.04. The lowest BCUT2D eigenvalue weighted by molar-refractivity contribution is 1.01. The molecule has 0 amide bonds. The summed E-state index contributed by atoms with van der Waals surface area (Å²) in [5, 5.41) is 1.75. The standard InChI is InChI=1S/C21H15Cl2NS/c22-15-11-9-14(10-12-15)19-13-21(16-5-1-2-6-17(16)23)25-20-8-4-3-7-18(20)24-19/h1-12,21H,13H2. The molecule has 0 fully saturated rings. The minimum atomic E-state index is 0.215. The number of hydrogen-bond acceptors (Lipinski definition) is 2. The van der Waals surface area contributed by atoms with E-state index in [1.165, 1.54) is 4.90 Å². The molecular formula is C21H15Cl2NS. The Labute approximate surface area is 161 Å². The van der Waals surface area contributed by atoms with Crippen LogP contribution in [0.5, 0.6) is 0 Å². The van der Waals surface area contributed by atoms with Crippen LogP contribution in [0.3, 0.4) is 0 Å². The second kappa shape index (κ2) is 7.25. The number of thioether (sulfide) groups is 1. The summed E-state index contributed by atoms with van der Waals surface area (Å²) in [7, 11) is 0. The average Bonchev–Trinajstić information content (AvgIpc) is 2.82. The van der Waals surface area contributed by atoms with Crippen LogP contribution in [0, 0.1) is 0 Å². The van der Waals surface area contributed by atoms with Crippen molar-refractivity contribution in [3.8, 4) is 0 Å². The quantitative estimate of drug-likeness (QED) is 0.450. The highest BCUT2D eigenvalue weighted by molar-refractivity contribution is 7.99. The molecule has 124 valence electrons. The van der Waals surface area contributed by atoms with Gasteiger partial charge in [-0.2, -0.15) is 0 Å². The molecule has 0 N–H and O–H groups in total. The highest BCUT2D eigenvalue weighted by Crippen LogP contribution is 2.47. The molecule has 0 bridgehead atoms. The number of para-hydroxylation sites is 1. The molecular weight excluding hydrogens is 369 g/mol. The molecule has 4 rings (SSSR count). The highest BCUT2D eigenvalue weighted by atomic mass is 35.5. The molecule has 0 aliphatic carbocycles. The van der Waals surface area contributed by atoms with Crippen LogP contribution in [0.15, 0.2) is 82.7 Å². The van der Waals surface area contributed by atoms with Crippen molar-refractivity contribution >= 4 is 46.4 Å². The Morgan fingerprint density at radius 3 is 2.36 bits per heavy atom. The van der Waals surface area contributed by atoms with Crippen LogP contribution in [-0.2, 0) is 0 Å². The fourth-order valence-corrected chi connectivity index (χ4v) is 4.68. The molecule has 3 aromatic carbocycles. The minimum absolute atomic E-state index is 0.215. The summed E-state index contributed by atoms with van der Waals surface area (Å²) < 4.78 is 0. The summed E-state index contributed by atoms with van der Waals surface area (Å²) in [4.78, 5) is 6.13. The first-order chi connectivity index (χ1) is 12.2. The summed E-state index contributed by atoms with van der Waals surface area (Å²) in [5.41, 5.74) is 4.30. The number of hydrogen-bond donors (Lipinski definition) is 0. The number of aliphatic imine (C=N–C) groups is 1.